The van der Waals surface area contributed by atoms with Crippen molar-refractivity contribution in [1.82, 2.24) is 15.7 Å². The van der Waals surface area contributed by atoms with Gasteiger partial charge in [0, 0.05) is 19.4 Å². The highest BCUT2D eigenvalue weighted by Crippen LogP contribution is 2.28. The second kappa shape index (κ2) is 11.1. The van der Waals surface area contributed by atoms with Crippen LogP contribution in [0.5, 0.6) is 0 Å². The van der Waals surface area contributed by atoms with Crippen molar-refractivity contribution in [3.05, 3.63) is 71.8 Å². The second-order valence-corrected chi connectivity index (χ2v) is 8.86. The molecule has 2 aliphatic rings. The van der Waals surface area contributed by atoms with Gasteiger partial charge in [-0.05, 0) is 36.3 Å². The van der Waals surface area contributed by atoms with Gasteiger partial charge >= 0.3 is 5.91 Å². The quantitative estimate of drug-likeness (QED) is 0.391. The van der Waals surface area contributed by atoms with E-state index in [9.17, 15) is 19.2 Å². The maximum Gasteiger partial charge on any atom is 0.313 e. The smallest absolute Gasteiger partial charge is 0.313 e. The molecule has 1 unspecified atom stereocenters. The van der Waals surface area contributed by atoms with Crippen LogP contribution < -0.4 is 10.8 Å². The zero-order valence-electron chi connectivity index (χ0n) is 18.9. The third-order valence-electron chi connectivity index (χ3n) is 6.15. The number of hydrogen-bond donors (Lipinski definition) is 2. The highest BCUT2D eigenvalue weighted by molar-refractivity contribution is 6.38. The molecule has 0 radical (unpaired) electrons. The first-order chi connectivity index (χ1) is 16.5. The van der Waals surface area contributed by atoms with Crippen LogP contribution in [-0.2, 0) is 37.0 Å². The van der Waals surface area contributed by atoms with E-state index in [0.717, 1.165) is 24.0 Å². The first-order valence-corrected chi connectivity index (χ1v) is 11.6. The van der Waals surface area contributed by atoms with Gasteiger partial charge in [-0.15, -0.1) is 0 Å². The predicted octanol–water partition coefficient (Wildman–Crippen LogP) is 1.93. The Labute approximate surface area is 198 Å². The molecule has 2 aromatic rings. The number of benzene rings is 2. The number of likely N-dealkylation sites (tertiary alicyclic amines) is 1. The van der Waals surface area contributed by atoms with Gasteiger partial charge in [0.25, 0.3) is 0 Å². The highest BCUT2D eigenvalue weighted by atomic mass is 16.7. The summed E-state index contributed by atoms with van der Waals surface area (Å²) in [6.45, 7) is 0.678. The van der Waals surface area contributed by atoms with E-state index in [1.807, 2.05) is 60.7 Å². The standard InChI is InChI=1S/C26H29N3O5/c30-23-14-13-22(29(23)16-19-9-5-2-6-10-19)25(32)27-21(15-18-7-3-1-4-8-18)24(31)26(33)28-34-17-20-11-12-20/h1-10,20-22H,11-17H2,(H,27,32)(H,28,33)/t21?,22-/m0/s1. The summed E-state index contributed by atoms with van der Waals surface area (Å²) in [5.41, 5.74) is 3.93. The monoisotopic (exact) mass is 463 g/mol. The lowest BCUT2D eigenvalue weighted by Crippen LogP contribution is -2.53. The van der Waals surface area contributed by atoms with Gasteiger partial charge in [0.15, 0.2) is 0 Å². The minimum atomic E-state index is -1.08. The molecule has 0 bridgehead atoms. The van der Waals surface area contributed by atoms with E-state index < -0.39 is 29.7 Å². The largest absolute Gasteiger partial charge is 0.344 e. The van der Waals surface area contributed by atoms with Crippen molar-refractivity contribution in [1.29, 1.82) is 0 Å². The number of Topliss-reactive ketones (excluding diaryl/α,β-unsaturated/α-hetero) is 1. The maximum absolute atomic E-state index is 13.2. The number of nitrogens with zero attached hydrogens (tertiary/aromatic N) is 1. The van der Waals surface area contributed by atoms with E-state index in [1.54, 1.807) is 0 Å². The maximum atomic E-state index is 13.2. The Bertz CT molecular complexity index is 1020. The van der Waals surface area contributed by atoms with Crippen molar-refractivity contribution in [2.45, 2.75) is 50.7 Å². The molecule has 4 rings (SSSR count). The molecule has 8 nitrogen and oxygen atoms in total. The Kier molecular flexibility index (Phi) is 7.69. The number of nitrogens with one attached hydrogen (secondary N) is 2. The van der Waals surface area contributed by atoms with Crippen LogP contribution in [0.25, 0.3) is 0 Å². The van der Waals surface area contributed by atoms with Gasteiger partial charge < -0.3 is 10.2 Å². The third-order valence-corrected chi connectivity index (χ3v) is 6.15. The number of hydroxylamine groups is 1. The number of amides is 3. The fraction of sp³-hybridized carbons (Fsp3) is 0.385. The fourth-order valence-corrected chi connectivity index (χ4v) is 4.03. The number of ketones is 1. The van der Waals surface area contributed by atoms with Gasteiger partial charge in [-0.3, -0.25) is 24.0 Å². The molecule has 1 aliphatic heterocycles. The average molecular weight is 464 g/mol. The molecule has 2 atom stereocenters. The first-order valence-electron chi connectivity index (χ1n) is 11.6. The van der Waals surface area contributed by atoms with Crippen LogP contribution in [0.1, 0.15) is 36.8 Å². The summed E-state index contributed by atoms with van der Waals surface area (Å²) in [6.07, 6.45) is 2.88. The number of rotatable bonds is 11. The topological polar surface area (TPSA) is 105 Å². The molecule has 2 aromatic carbocycles. The Morgan fingerprint density at radius 2 is 1.59 bits per heavy atom. The van der Waals surface area contributed by atoms with Crippen molar-refractivity contribution in [3.63, 3.8) is 0 Å². The van der Waals surface area contributed by atoms with Crippen LogP contribution in [0.3, 0.4) is 0 Å². The van der Waals surface area contributed by atoms with E-state index >= 15 is 0 Å². The molecular weight excluding hydrogens is 434 g/mol. The van der Waals surface area contributed by atoms with Crippen molar-refractivity contribution in [3.8, 4) is 0 Å². The molecule has 2 N–H and O–H groups in total. The molecule has 2 fully saturated rings. The number of carbonyl (C=O) groups excluding carboxylic acids is 4. The van der Waals surface area contributed by atoms with Crippen molar-refractivity contribution in [2.24, 2.45) is 5.92 Å². The van der Waals surface area contributed by atoms with Gasteiger partial charge in [-0.25, -0.2) is 5.48 Å². The molecule has 0 aromatic heterocycles. The first kappa shape index (κ1) is 23.6. The molecule has 34 heavy (non-hydrogen) atoms. The average Bonchev–Trinajstić information content (AvgIpc) is 3.61. The zero-order valence-corrected chi connectivity index (χ0v) is 18.9. The number of hydrogen-bond acceptors (Lipinski definition) is 5. The van der Waals surface area contributed by atoms with Gasteiger partial charge in [-0.1, -0.05) is 60.7 Å². The van der Waals surface area contributed by atoms with E-state index in [0.29, 0.717) is 25.5 Å². The van der Waals surface area contributed by atoms with Gasteiger partial charge in [0.1, 0.15) is 12.1 Å². The molecule has 1 heterocycles. The molecule has 8 heteroatoms. The molecule has 1 saturated heterocycles. The van der Waals surface area contributed by atoms with E-state index in [4.69, 9.17) is 4.84 Å². The lowest BCUT2D eigenvalue weighted by Gasteiger charge is -2.26. The molecule has 3 amide bonds. The van der Waals surface area contributed by atoms with E-state index in [1.165, 1.54) is 4.90 Å². The minimum Gasteiger partial charge on any atom is -0.344 e. The lowest BCUT2D eigenvalue weighted by atomic mass is 10.0. The fourth-order valence-electron chi connectivity index (χ4n) is 4.03. The van der Waals surface area contributed by atoms with Crippen LogP contribution in [0.15, 0.2) is 60.7 Å². The Morgan fingerprint density at radius 3 is 2.24 bits per heavy atom. The van der Waals surface area contributed by atoms with Gasteiger partial charge in [0.2, 0.25) is 17.6 Å². The Hall–Kier alpha value is -3.52. The van der Waals surface area contributed by atoms with E-state index in [-0.39, 0.29) is 18.7 Å². The third kappa shape index (κ3) is 6.29. The molecular formula is C26H29N3O5. The Balaban J connectivity index is 1.44. The van der Waals surface area contributed by atoms with Crippen LogP contribution >= 0.6 is 0 Å². The lowest BCUT2D eigenvalue weighted by molar-refractivity contribution is -0.148. The highest BCUT2D eigenvalue weighted by Gasteiger charge is 2.38. The van der Waals surface area contributed by atoms with Crippen LogP contribution in [-0.4, -0.2) is 47.1 Å². The number of carbonyl (C=O) groups is 4. The Morgan fingerprint density at radius 1 is 0.941 bits per heavy atom. The summed E-state index contributed by atoms with van der Waals surface area (Å²) in [5.74, 6) is -1.81. The SMILES string of the molecule is O=C(NOCC1CC1)C(=O)C(Cc1ccccc1)NC(=O)[C@@H]1CCC(=O)N1Cc1ccccc1. The van der Waals surface area contributed by atoms with Crippen LogP contribution in [0.4, 0.5) is 0 Å². The van der Waals surface area contributed by atoms with Gasteiger partial charge in [-0.2, -0.15) is 0 Å². The second-order valence-electron chi connectivity index (χ2n) is 8.86. The molecule has 0 spiro atoms. The van der Waals surface area contributed by atoms with Crippen molar-refractivity contribution >= 4 is 23.5 Å². The molecule has 1 aliphatic carbocycles. The summed E-state index contributed by atoms with van der Waals surface area (Å²) in [4.78, 5) is 57.8. The normalized spacial score (nSPS) is 18.4. The summed E-state index contributed by atoms with van der Waals surface area (Å²) < 4.78 is 0. The van der Waals surface area contributed by atoms with Gasteiger partial charge in [0.05, 0.1) is 6.61 Å². The summed E-state index contributed by atoms with van der Waals surface area (Å²) >= 11 is 0. The van der Waals surface area contributed by atoms with Crippen molar-refractivity contribution < 1.29 is 24.0 Å². The predicted molar refractivity (Wildman–Crippen MR) is 124 cm³/mol. The summed E-state index contributed by atoms with van der Waals surface area (Å²) in [5, 5.41) is 2.74. The van der Waals surface area contributed by atoms with Crippen LogP contribution in [0.2, 0.25) is 0 Å². The van der Waals surface area contributed by atoms with Crippen molar-refractivity contribution in [2.75, 3.05) is 6.61 Å². The molecule has 178 valence electrons. The summed E-state index contributed by atoms with van der Waals surface area (Å²) in [6, 6.07) is 16.8. The van der Waals surface area contributed by atoms with E-state index in [2.05, 4.69) is 10.8 Å². The van der Waals surface area contributed by atoms with Crippen LogP contribution in [0, 0.1) is 5.92 Å². The minimum absolute atomic E-state index is 0.110. The molecule has 1 saturated carbocycles. The zero-order chi connectivity index (χ0) is 23.9. The summed E-state index contributed by atoms with van der Waals surface area (Å²) in [7, 11) is 0.